The van der Waals surface area contributed by atoms with Crippen molar-refractivity contribution in [3.63, 3.8) is 0 Å². The van der Waals surface area contributed by atoms with Gasteiger partial charge in [0.1, 0.15) is 6.10 Å². The number of hydrogen-bond donors (Lipinski definition) is 1. The van der Waals surface area contributed by atoms with Crippen LogP contribution < -0.4 is 0 Å². The van der Waals surface area contributed by atoms with Crippen molar-refractivity contribution in [1.82, 2.24) is 0 Å². The Hall–Kier alpha value is -1.06. The van der Waals surface area contributed by atoms with Crippen LogP contribution in [0.1, 0.15) is 156 Å². The van der Waals surface area contributed by atoms with Crippen molar-refractivity contribution in [1.29, 1.82) is 0 Å². The third-order valence-corrected chi connectivity index (χ3v) is 6.65. The molecule has 0 spiro atoms. The van der Waals surface area contributed by atoms with E-state index in [2.05, 4.69) is 20.8 Å². The van der Waals surface area contributed by atoms with Crippen LogP contribution in [0.4, 0.5) is 0 Å². The summed E-state index contributed by atoms with van der Waals surface area (Å²) in [5, 5.41) is 9.42. The zero-order chi connectivity index (χ0) is 24.7. The summed E-state index contributed by atoms with van der Waals surface area (Å²) in [6, 6.07) is 0. The highest BCUT2D eigenvalue weighted by atomic mass is 16.5. The fourth-order valence-electron chi connectivity index (χ4n) is 4.42. The quantitative estimate of drug-likeness (QED) is 0.113. The molecule has 0 radical (unpaired) electrons. The molecule has 4 heteroatoms. The highest BCUT2D eigenvalue weighted by Gasteiger charge is 2.23. The van der Waals surface area contributed by atoms with Crippen molar-refractivity contribution in [2.75, 3.05) is 0 Å². The van der Waals surface area contributed by atoms with E-state index in [9.17, 15) is 14.7 Å². The molecular weight excluding hydrogens is 412 g/mol. The van der Waals surface area contributed by atoms with Crippen LogP contribution in [0.3, 0.4) is 0 Å². The van der Waals surface area contributed by atoms with Crippen LogP contribution >= 0.6 is 0 Å². The van der Waals surface area contributed by atoms with Crippen LogP contribution in [0.5, 0.6) is 0 Å². The zero-order valence-electron chi connectivity index (χ0n) is 22.5. The number of carboxylic acids is 1. The second-order valence-corrected chi connectivity index (χ2v) is 10.5. The molecule has 0 heterocycles. The van der Waals surface area contributed by atoms with Gasteiger partial charge < -0.3 is 9.84 Å². The fraction of sp³-hybridized carbons (Fsp3) is 0.931. The Morgan fingerprint density at radius 2 is 1.09 bits per heavy atom. The number of ether oxygens (including phenoxy) is 1. The molecule has 4 nitrogen and oxygen atoms in total. The Labute approximate surface area is 205 Å². The van der Waals surface area contributed by atoms with Gasteiger partial charge in [0.15, 0.2) is 0 Å². The van der Waals surface area contributed by atoms with E-state index in [1.165, 1.54) is 77.0 Å². The molecule has 2 unspecified atom stereocenters. The summed E-state index contributed by atoms with van der Waals surface area (Å²) in [4.78, 5) is 24.0. The molecule has 0 saturated heterocycles. The molecule has 0 aromatic heterocycles. The van der Waals surface area contributed by atoms with E-state index in [0.717, 1.165) is 44.4 Å². The monoisotopic (exact) mass is 468 g/mol. The molecule has 0 aliphatic heterocycles. The summed E-state index contributed by atoms with van der Waals surface area (Å²) in [5.74, 6) is -0.988. The predicted molar refractivity (Wildman–Crippen MR) is 140 cm³/mol. The van der Waals surface area contributed by atoms with Crippen molar-refractivity contribution in [2.45, 2.75) is 162 Å². The zero-order valence-corrected chi connectivity index (χ0v) is 22.5. The van der Waals surface area contributed by atoms with Gasteiger partial charge in [-0.05, 0) is 38.0 Å². The van der Waals surface area contributed by atoms with Crippen LogP contribution in [0.25, 0.3) is 0 Å². The highest BCUT2D eigenvalue weighted by molar-refractivity contribution is 5.78. The highest BCUT2D eigenvalue weighted by Crippen LogP contribution is 2.20. The van der Waals surface area contributed by atoms with Crippen LogP contribution in [-0.2, 0) is 14.3 Å². The van der Waals surface area contributed by atoms with E-state index in [1.54, 1.807) is 0 Å². The van der Waals surface area contributed by atoms with Crippen LogP contribution in [0.2, 0.25) is 0 Å². The minimum atomic E-state index is -0.874. The molecule has 33 heavy (non-hydrogen) atoms. The number of hydrogen-bond acceptors (Lipinski definition) is 3. The number of esters is 1. The van der Waals surface area contributed by atoms with E-state index in [0.29, 0.717) is 6.42 Å². The maximum Gasteiger partial charge on any atom is 0.307 e. The van der Waals surface area contributed by atoms with Crippen LogP contribution in [-0.4, -0.2) is 23.1 Å². The van der Waals surface area contributed by atoms with E-state index in [-0.39, 0.29) is 18.5 Å². The van der Waals surface area contributed by atoms with E-state index < -0.39 is 11.9 Å². The van der Waals surface area contributed by atoms with Crippen molar-refractivity contribution in [2.24, 2.45) is 11.8 Å². The standard InChI is InChI=1S/C29H56O4/c1-5-7-9-10-15-18-22-27(23-19-16-13-11-12-14-17-20-25(3)4)33-28(30)24-26(29(31)32)21-8-6-2/h25-27H,5-24H2,1-4H3,(H,31,32). The number of carbonyl (C=O) groups excluding carboxylic acids is 1. The molecule has 0 aromatic rings. The molecule has 0 aliphatic rings. The minimum Gasteiger partial charge on any atom is -0.481 e. The Morgan fingerprint density at radius 1 is 0.636 bits per heavy atom. The van der Waals surface area contributed by atoms with Crippen molar-refractivity contribution in [3.05, 3.63) is 0 Å². The molecule has 0 bridgehead atoms. The van der Waals surface area contributed by atoms with E-state index in [4.69, 9.17) is 4.74 Å². The van der Waals surface area contributed by atoms with Crippen molar-refractivity contribution >= 4 is 11.9 Å². The average Bonchev–Trinajstić information content (AvgIpc) is 2.77. The maximum atomic E-state index is 12.5. The molecule has 2 atom stereocenters. The summed E-state index contributed by atoms with van der Waals surface area (Å²) in [5.41, 5.74) is 0. The van der Waals surface area contributed by atoms with Gasteiger partial charge in [0.25, 0.3) is 0 Å². The summed E-state index contributed by atoms with van der Waals surface area (Å²) < 4.78 is 5.82. The normalized spacial score (nSPS) is 13.2. The molecule has 0 fully saturated rings. The van der Waals surface area contributed by atoms with Gasteiger partial charge in [0, 0.05) is 0 Å². The first kappa shape index (κ1) is 31.9. The second kappa shape index (κ2) is 22.7. The summed E-state index contributed by atoms with van der Waals surface area (Å²) in [6.07, 6.45) is 21.7. The number of unbranched alkanes of at least 4 members (excludes halogenated alkanes) is 12. The fourth-order valence-corrected chi connectivity index (χ4v) is 4.42. The van der Waals surface area contributed by atoms with E-state index in [1.807, 2.05) is 6.92 Å². The molecular formula is C29H56O4. The summed E-state index contributed by atoms with van der Waals surface area (Å²) >= 11 is 0. The lowest BCUT2D eigenvalue weighted by atomic mass is 9.98. The van der Waals surface area contributed by atoms with Gasteiger partial charge >= 0.3 is 11.9 Å². The third kappa shape index (κ3) is 21.2. The van der Waals surface area contributed by atoms with E-state index >= 15 is 0 Å². The van der Waals surface area contributed by atoms with Gasteiger partial charge in [0.05, 0.1) is 12.3 Å². The van der Waals surface area contributed by atoms with Gasteiger partial charge in [-0.1, -0.05) is 118 Å². The average molecular weight is 469 g/mol. The first-order valence-electron chi connectivity index (χ1n) is 14.3. The number of carboxylic acid groups (broad SMARTS) is 1. The molecule has 1 N–H and O–H groups in total. The number of carbonyl (C=O) groups is 2. The Balaban J connectivity index is 4.32. The van der Waals surface area contributed by atoms with Gasteiger partial charge in [-0.15, -0.1) is 0 Å². The minimum absolute atomic E-state index is 0.0126. The molecule has 0 rings (SSSR count). The molecule has 0 aromatic carbocycles. The molecule has 0 amide bonds. The Bertz CT molecular complexity index is 461. The van der Waals surface area contributed by atoms with Crippen LogP contribution in [0, 0.1) is 11.8 Å². The van der Waals surface area contributed by atoms with Crippen molar-refractivity contribution < 1.29 is 19.4 Å². The lowest BCUT2D eigenvalue weighted by molar-refractivity contribution is -0.156. The number of rotatable bonds is 24. The predicted octanol–water partition coefficient (Wildman–Crippen LogP) is 9.10. The first-order chi connectivity index (χ1) is 15.9. The number of aliphatic carboxylic acids is 1. The SMILES string of the molecule is CCCCCCCCC(CCCCCCCCCC(C)C)OC(=O)CC(CCCC)C(=O)O. The smallest absolute Gasteiger partial charge is 0.307 e. The van der Waals surface area contributed by atoms with Crippen LogP contribution in [0.15, 0.2) is 0 Å². The second-order valence-electron chi connectivity index (χ2n) is 10.5. The summed E-state index contributed by atoms with van der Waals surface area (Å²) in [7, 11) is 0. The molecule has 196 valence electrons. The lowest BCUT2D eigenvalue weighted by Gasteiger charge is -2.19. The molecule has 0 aliphatic carbocycles. The lowest BCUT2D eigenvalue weighted by Crippen LogP contribution is -2.24. The van der Waals surface area contributed by atoms with Gasteiger partial charge in [-0.3, -0.25) is 9.59 Å². The van der Waals surface area contributed by atoms with Gasteiger partial charge in [-0.2, -0.15) is 0 Å². The summed E-state index contributed by atoms with van der Waals surface area (Å²) in [6.45, 7) is 8.86. The van der Waals surface area contributed by atoms with Gasteiger partial charge in [-0.25, -0.2) is 0 Å². The molecule has 0 saturated carbocycles. The third-order valence-electron chi connectivity index (χ3n) is 6.65. The van der Waals surface area contributed by atoms with Crippen molar-refractivity contribution in [3.8, 4) is 0 Å². The largest absolute Gasteiger partial charge is 0.481 e. The Kier molecular flexibility index (Phi) is 22.0. The first-order valence-corrected chi connectivity index (χ1v) is 14.3. The topological polar surface area (TPSA) is 63.6 Å². The Morgan fingerprint density at radius 3 is 1.55 bits per heavy atom. The van der Waals surface area contributed by atoms with Gasteiger partial charge in [0.2, 0.25) is 0 Å². The maximum absolute atomic E-state index is 12.5.